The maximum atomic E-state index is 13.1. The Hall–Kier alpha value is -8.87. The number of nitrogens with zero attached hydrogens (tertiary/aromatic N) is 7. The molecule has 594 valence electrons. The summed E-state index contributed by atoms with van der Waals surface area (Å²) in [6.45, 7) is 19.7. The Morgan fingerprint density at radius 1 is 0.527 bits per heavy atom. The fourth-order valence-corrected chi connectivity index (χ4v) is 14.9. The van der Waals surface area contributed by atoms with Crippen molar-refractivity contribution in [3.8, 4) is 0 Å². The van der Waals surface area contributed by atoms with E-state index in [-0.39, 0.29) is 47.8 Å². The molecule has 0 aliphatic carbocycles. The van der Waals surface area contributed by atoms with Crippen molar-refractivity contribution >= 4 is 51.8 Å². The van der Waals surface area contributed by atoms with Crippen molar-refractivity contribution in [3.63, 3.8) is 0 Å². The van der Waals surface area contributed by atoms with E-state index in [1.54, 1.807) is 36.4 Å². The predicted octanol–water partition coefficient (Wildman–Crippen LogP) is 12.7. The van der Waals surface area contributed by atoms with Gasteiger partial charge in [0.05, 0.1) is 72.6 Å². The minimum atomic E-state index is -2.97. The first-order chi connectivity index (χ1) is 52.8. The molecule has 4 heterocycles. The highest BCUT2D eigenvalue weighted by Crippen LogP contribution is 2.45. The number of hydrogen-bond acceptors (Lipinski definition) is 23. The second-order valence-electron chi connectivity index (χ2n) is 29.0. The highest BCUT2D eigenvalue weighted by molar-refractivity contribution is 7.37. The van der Waals surface area contributed by atoms with E-state index in [0.717, 1.165) is 46.5 Å². The molecule has 4 fully saturated rings. The molecule has 4 aliphatic rings. The third-order valence-corrected chi connectivity index (χ3v) is 20.0. The van der Waals surface area contributed by atoms with Crippen LogP contribution in [-0.2, 0) is 85.5 Å². The Balaban J connectivity index is 0.000000208. The number of nitro benzene ring substituents is 3. The normalized spacial score (nSPS) is 19.1. The molecule has 0 aromatic heterocycles. The molecule has 0 saturated carbocycles. The van der Waals surface area contributed by atoms with Crippen molar-refractivity contribution in [2.24, 2.45) is 17.8 Å². The van der Waals surface area contributed by atoms with Gasteiger partial charge in [0, 0.05) is 126 Å². The van der Waals surface area contributed by atoms with Gasteiger partial charge in [0.25, 0.3) is 17.1 Å². The minimum absolute atomic E-state index is 0.000877. The van der Waals surface area contributed by atoms with Gasteiger partial charge in [0.1, 0.15) is 30.5 Å². The fraction of sp³-hybridized carbons (Fsp3) is 0.500. The number of nitrogens with one attached hydrogen (secondary N) is 2. The Morgan fingerprint density at radius 2 is 0.900 bits per heavy atom. The average Bonchev–Trinajstić information content (AvgIpc) is 1.63. The predicted molar refractivity (Wildman–Crippen MR) is 410 cm³/mol. The van der Waals surface area contributed by atoms with Gasteiger partial charge in [0.15, 0.2) is 6.10 Å². The molecule has 3 amide bonds. The Bertz CT molecular complexity index is 3850. The molecule has 4 aliphatic heterocycles. The van der Waals surface area contributed by atoms with E-state index >= 15 is 0 Å². The van der Waals surface area contributed by atoms with Crippen LogP contribution in [0.15, 0.2) is 164 Å². The Kier molecular flexibility index (Phi) is 35.4. The average molecular weight is 1560 g/mol. The minimum Gasteiger partial charge on any atom is -0.444 e. The molecule has 6 aromatic carbocycles. The number of aliphatic hydroxyl groups excluding tert-OH is 1. The number of nitro groups is 3. The third kappa shape index (κ3) is 30.1. The van der Waals surface area contributed by atoms with E-state index in [0.29, 0.717) is 129 Å². The van der Waals surface area contributed by atoms with Crippen molar-refractivity contribution in [1.29, 1.82) is 0 Å². The molecule has 0 spiro atoms. The summed E-state index contributed by atoms with van der Waals surface area (Å²) in [4.78, 5) is 86.2. The van der Waals surface area contributed by atoms with Gasteiger partial charge in [0.2, 0.25) is 0 Å². The number of carbonyl (C=O) groups is 3. The van der Waals surface area contributed by atoms with E-state index in [2.05, 4.69) is 48.1 Å². The van der Waals surface area contributed by atoms with E-state index in [1.807, 2.05) is 110 Å². The second kappa shape index (κ2) is 44.8. The molecule has 32 heteroatoms. The van der Waals surface area contributed by atoms with Crippen molar-refractivity contribution in [2.75, 3.05) is 78.9 Å². The first-order valence-corrected chi connectivity index (χ1v) is 39.4. The number of hydrogen-bond donors (Lipinski definition) is 4. The smallest absolute Gasteiger partial charge is 0.444 e. The summed E-state index contributed by atoms with van der Waals surface area (Å²) in [6.07, 6.45) is -1.91. The maximum absolute atomic E-state index is 13.1. The second-order valence-corrected chi connectivity index (χ2v) is 30.8. The molecule has 30 nitrogen and oxygen atoms in total. The van der Waals surface area contributed by atoms with E-state index in [1.165, 1.54) is 41.1 Å². The van der Waals surface area contributed by atoms with Crippen LogP contribution in [0.1, 0.15) is 94.2 Å². The van der Waals surface area contributed by atoms with Crippen LogP contribution in [0.5, 0.6) is 0 Å². The summed E-state index contributed by atoms with van der Waals surface area (Å²) in [5.41, 5.74) is 5.67. The molecule has 10 rings (SSSR count). The Morgan fingerprint density at radius 3 is 1.29 bits per heavy atom. The number of amides is 3. The molecular formula is C78H103N9O21P2+2. The third-order valence-electron chi connectivity index (χ3n) is 18.3. The zero-order chi connectivity index (χ0) is 79.1. The van der Waals surface area contributed by atoms with Gasteiger partial charge in [-0.3, -0.25) is 45.0 Å². The molecule has 110 heavy (non-hydrogen) atoms. The molecule has 0 radical (unpaired) electrons. The lowest BCUT2D eigenvalue weighted by Crippen LogP contribution is -2.51. The van der Waals surface area contributed by atoms with Crippen LogP contribution >= 0.6 is 16.4 Å². The highest BCUT2D eigenvalue weighted by atomic mass is 31.1. The summed E-state index contributed by atoms with van der Waals surface area (Å²) < 4.78 is 70.1. The molecule has 4 N–H and O–H groups in total. The SMILES string of the molecule is CC(C)CN(Cc1ccc([N+](=O)[O-])cc1)C[C@@H](O)[C@H](Cc1ccccc1)NC(=O)O[C@H]1CCOC1.CC(C)CN(Cc1ccc([N+](=O)[O-])cc1)C[C@@H](O[P+](=O)O)[C@H](Cc1ccccc1)NC(=O)O[C@H]1CCOC1.CC(C)CN(Cc1ccc([N+](=O)[O-])cc1)C[C@H]1O[P+](=O)N(C(=O)O[C@H]2CCOC2)[C@H]1Cc1ccccc1. The molecule has 11 atom stereocenters. The lowest BCUT2D eigenvalue weighted by Gasteiger charge is -2.31. The summed E-state index contributed by atoms with van der Waals surface area (Å²) in [5.74, 6) is 0.932. The molecule has 2 unspecified atom stereocenters. The maximum Gasteiger partial charge on any atom is 0.695 e. The van der Waals surface area contributed by atoms with E-state index < -0.39 is 85.9 Å². The summed E-state index contributed by atoms with van der Waals surface area (Å²) in [6, 6.07) is 46.4. The van der Waals surface area contributed by atoms with Gasteiger partial charge in [-0.25, -0.2) is 14.4 Å². The standard InChI is InChI=1S/C26H34N3O8P.C26H33N3O7P.C26H35N3O6/c1-19(2)15-28(16-21-8-10-22(11-9-21)29(31)32)17-25(37-38(33)34)24(14-20-6-4-3-5-7-20)27-26(30)36-23-12-13-35-18-23;1-19(2)15-27(16-21-8-10-22(11-9-21)29(31)32)17-25-24(14-20-6-4-3-5-7-20)28(37(33)36-25)26(30)35-23-12-13-34-18-23;1-19(2)15-28(16-21-8-10-22(11-9-21)29(32)33)17-25(30)24(14-20-6-4-3-5-7-20)27-26(31)35-23-12-13-34-18-23/h3-11,19,23-25H,12-18H2,1-2H3,(H-,27,30,33,34);3-11,19,23-25H,12-18H2,1-2H3;3-11,19,23-25,30H,12-18H2,1-2H3,(H,27,31)/q;+1;/p+1/t3*23-,24-,25+/m000/s1. The van der Waals surface area contributed by atoms with Crippen LogP contribution < -0.4 is 10.6 Å². The lowest BCUT2D eigenvalue weighted by molar-refractivity contribution is -0.385. The van der Waals surface area contributed by atoms with Crippen LogP contribution in [0.25, 0.3) is 0 Å². The quantitative estimate of drug-likeness (QED) is 0.0123. The van der Waals surface area contributed by atoms with Crippen LogP contribution in [0, 0.1) is 48.1 Å². The zero-order valence-corrected chi connectivity index (χ0v) is 64.8. The fourth-order valence-electron chi connectivity index (χ4n) is 13.3. The van der Waals surface area contributed by atoms with Crippen LogP contribution in [-0.4, -0.2) is 196 Å². The number of carbonyl (C=O) groups excluding carboxylic acids is 3. The van der Waals surface area contributed by atoms with E-state index in [9.17, 15) is 63.9 Å². The van der Waals surface area contributed by atoms with Gasteiger partial charge in [-0.05, 0) is 68.5 Å². The molecule has 4 saturated heterocycles. The number of alkyl carbamates (subject to hydrolysis) is 2. The van der Waals surface area contributed by atoms with Crippen LogP contribution in [0.4, 0.5) is 31.4 Å². The monoisotopic (exact) mass is 1560 g/mol. The van der Waals surface area contributed by atoms with Gasteiger partial charge in [-0.15, -0.1) is 13.9 Å². The van der Waals surface area contributed by atoms with Gasteiger partial charge in [-0.2, -0.15) is 0 Å². The van der Waals surface area contributed by atoms with Crippen LogP contribution in [0.2, 0.25) is 0 Å². The summed E-state index contributed by atoms with van der Waals surface area (Å²) in [7, 11) is -5.39. The van der Waals surface area contributed by atoms with Crippen molar-refractivity contribution < 1.29 is 85.8 Å². The molecular weight excluding hydrogens is 1460 g/mol. The molecule has 6 aromatic rings. The number of ether oxygens (including phenoxy) is 6. The van der Waals surface area contributed by atoms with Crippen molar-refractivity contribution in [3.05, 3.63) is 228 Å². The lowest BCUT2D eigenvalue weighted by atomic mass is 10.00. The summed E-state index contributed by atoms with van der Waals surface area (Å²) >= 11 is 0. The number of non-ortho nitro benzene ring substituents is 3. The van der Waals surface area contributed by atoms with Crippen molar-refractivity contribution in [2.45, 2.75) is 154 Å². The van der Waals surface area contributed by atoms with Gasteiger partial charge >= 0.3 is 34.7 Å². The largest absolute Gasteiger partial charge is 0.695 e. The summed E-state index contributed by atoms with van der Waals surface area (Å²) in [5, 5.41) is 50.0. The van der Waals surface area contributed by atoms with Gasteiger partial charge in [-0.1, -0.05) is 174 Å². The van der Waals surface area contributed by atoms with E-state index in [4.69, 9.17) is 37.5 Å². The first kappa shape index (κ1) is 86.7. The number of rotatable bonds is 36. The number of benzene rings is 6. The first-order valence-electron chi connectivity index (χ1n) is 37.1. The zero-order valence-electron chi connectivity index (χ0n) is 63.0. The molecule has 0 bridgehead atoms. The highest BCUT2D eigenvalue weighted by Gasteiger charge is 2.57. The van der Waals surface area contributed by atoms with Crippen LogP contribution in [0.3, 0.4) is 0 Å². The topological polar surface area (TPSA) is 366 Å². The number of aliphatic hydroxyl groups is 1. The van der Waals surface area contributed by atoms with Gasteiger partial charge < -0.3 is 44.2 Å². The Labute approximate surface area is 643 Å². The van der Waals surface area contributed by atoms with Crippen molar-refractivity contribution in [1.82, 2.24) is 30.0 Å².